The fourth-order valence-electron chi connectivity index (χ4n) is 2.89. The predicted octanol–water partition coefficient (Wildman–Crippen LogP) is 3.21. The summed E-state index contributed by atoms with van der Waals surface area (Å²) in [5.74, 6) is 1.63. The first kappa shape index (κ1) is 9.88. The number of carbonyl (C=O) groups is 1. The number of para-hydroxylation sites is 1. The Labute approximate surface area is 95.6 Å². The second-order valence-electron chi connectivity index (χ2n) is 4.82. The summed E-state index contributed by atoms with van der Waals surface area (Å²) in [4.78, 5) is 12.0. The number of ketones is 1. The summed E-state index contributed by atoms with van der Waals surface area (Å²) >= 11 is 0. The summed E-state index contributed by atoms with van der Waals surface area (Å²) in [5.41, 5.74) is 0.761. The summed E-state index contributed by atoms with van der Waals surface area (Å²) in [6, 6.07) is 7.61. The summed E-state index contributed by atoms with van der Waals surface area (Å²) in [6.45, 7) is 0. The lowest BCUT2D eigenvalue weighted by molar-refractivity contribution is 0.0738. The molecule has 1 aromatic rings. The summed E-state index contributed by atoms with van der Waals surface area (Å²) in [7, 11) is 0. The molecule has 1 aliphatic carbocycles. The van der Waals surface area contributed by atoms with E-state index in [4.69, 9.17) is 4.74 Å². The van der Waals surface area contributed by atoms with Gasteiger partial charge in [0.25, 0.3) is 0 Å². The van der Waals surface area contributed by atoms with E-state index in [1.807, 2.05) is 24.3 Å². The van der Waals surface area contributed by atoms with Gasteiger partial charge in [-0.25, -0.2) is 0 Å². The Balaban J connectivity index is 1.85. The fraction of sp³-hybridized carbons (Fsp3) is 0.500. The molecule has 0 spiro atoms. The molecule has 0 bridgehead atoms. The quantitative estimate of drug-likeness (QED) is 0.720. The zero-order chi connectivity index (χ0) is 11.0. The maximum Gasteiger partial charge on any atom is 0.170 e. The van der Waals surface area contributed by atoms with Crippen molar-refractivity contribution in [3.63, 3.8) is 0 Å². The second kappa shape index (κ2) is 3.93. The molecule has 0 unspecified atom stereocenters. The molecule has 1 atom stereocenters. The Morgan fingerprint density at radius 2 is 1.88 bits per heavy atom. The van der Waals surface area contributed by atoms with Crippen molar-refractivity contribution in [1.82, 2.24) is 0 Å². The highest BCUT2D eigenvalue weighted by molar-refractivity contribution is 5.99. The van der Waals surface area contributed by atoms with E-state index in [1.54, 1.807) is 0 Å². The van der Waals surface area contributed by atoms with Crippen molar-refractivity contribution < 1.29 is 9.53 Å². The molecule has 0 amide bonds. The van der Waals surface area contributed by atoms with Crippen LogP contribution >= 0.6 is 0 Å². The number of ether oxygens (including phenoxy) is 1. The first-order valence-corrected chi connectivity index (χ1v) is 6.13. The molecule has 3 rings (SSSR count). The van der Waals surface area contributed by atoms with Crippen molar-refractivity contribution in [2.24, 2.45) is 5.92 Å². The van der Waals surface area contributed by atoms with Crippen LogP contribution in [0, 0.1) is 5.92 Å². The summed E-state index contributed by atoms with van der Waals surface area (Å²) in [5, 5.41) is 0. The van der Waals surface area contributed by atoms with Crippen molar-refractivity contribution in [3.8, 4) is 5.75 Å². The van der Waals surface area contributed by atoms with Gasteiger partial charge in [0.05, 0.1) is 5.56 Å². The van der Waals surface area contributed by atoms with Gasteiger partial charge in [-0.05, 0) is 30.9 Å². The van der Waals surface area contributed by atoms with Gasteiger partial charge in [-0.1, -0.05) is 25.0 Å². The smallest absolute Gasteiger partial charge is 0.170 e. The number of rotatable bonds is 1. The monoisotopic (exact) mass is 216 g/mol. The molecule has 0 N–H and O–H groups in total. The molecule has 2 nitrogen and oxygen atoms in total. The van der Waals surface area contributed by atoms with Crippen LogP contribution in [0.4, 0.5) is 0 Å². The van der Waals surface area contributed by atoms with Crippen LogP contribution in [0.25, 0.3) is 0 Å². The molecule has 84 valence electrons. The van der Waals surface area contributed by atoms with Gasteiger partial charge >= 0.3 is 0 Å². The van der Waals surface area contributed by atoms with Crippen molar-refractivity contribution in [2.45, 2.75) is 38.2 Å². The SMILES string of the molecule is O=C1C[C@@H](C2CCCC2)Oc2ccccc21. The van der Waals surface area contributed by atoms with Crippen molar-refractivity contribution in [2.75, 3.05) is 0 Å². The topological polar surface area (TPSA) is 26.3 Å². The van der Waals surface area contributed by atoms with E-state index in [2.05, 4.69) is 0 Å². The highest BCUT2D eigenvalue weighted by Crippen LogP contribution is 2.36. The van der Waals surface area contributed by atoms with Gasteiger partial charge in [0.1, 0.15) is 11.9 Å². The Hall–Kier alpha value is -1.31. The third-order valence-electron chi connectivity index (χ3n) is 3.78. The van der Waals surface area contributed by atoms with E-state index in [-0.39, 0.29) is 11.9 Å². The maximum absolute atomic E-state index is 12.0. The molecule has 16 heavy (non-hydrogen) atoms. The van der Waals surface area contributed by atoms with Crippen molar-refractivity contribution >= 4 is 5.78 Å². The third-order valence-corrected chi connectivity index (χ3v) is 3.78. The summed E-state index contributed by atoms with van der Waals surface area (Å²) in [6.07, 6.45) is 5.73. The third kappa shape index (κ3) is 1.62. The van der Waals surface area contributed by atoms with E-state index < -0.39 is 0 Å². The first-order chi connectivity index (χ1) is 7.84. The minimum absolute atomic E-state index is 0.130. The number of carbonyl (C=O) groups excluding carboxylic acids is 1. The lowest BCUT2D eigenvalue weighted by atomic mass is 9.91. The lowest BCUT2D eigenvalue weighted by Gasteiger charge is -2.29. The van der Waals surface area contributed by atoms with E-state index in [0.29, 0.717) is 12.3 Å². The Bertz CT molecular complexity index is 405. The summed E-state index contributed by atoms with van der Waals surface area (Å²) < 4.78 is 5.97. The molecule has 2 aliphatic rings. The van der Waals surface area contributed by atoms with Crippen LogP contribution in [-0.4, -0.2) is 11.9 Å². The fourth-order valence-corrected chi connectivity index (χ4v) is 2.89. The average molecular weight is 216 g/mol. The Morgan fingerprint density at radius 3 is 2.69 bits per heavy atom. The minimum atomic E-state index is 0.130. The maximum atomic E-state index is 12.0. The molecule has 1 aromatic carbocycles. The molecule has 1 heterocycles. The minimum Gasteiger partial charge on any atom is -0.489 e. The zero-order valence-corrected chi connectivity index (χ0v) is 9.32. The lowest BCUT2D eigenvalue weighted by Crippen LogP contribution is -2.32. The number of Topliss-reactive ketones (excluding diaryl/α,β-unsaturated/α-hetero) is 1. The van der Waals surface area contributed by atoms with Crippen LogP contribution in [0.3, 0.4) is 0 Å². The molecule has 2 heteroatoms. The van der Waals surface area contributed by atoms with Crippen molar-refractivity contribution in [3.05, 3.63) is 29.8 Å². The van der Waals surface area contributed by atoms with Gasteiger partial charge < -0.3 is 4.74 Å². The largest absolute Gasteiger partial charge is 0.489 e. The Kier molecular flexibility index (Phi) is 2.43. The van der Waals surface area contributed by atoms with Crippen molar-refractivity contribution in [1.29, 1.82) is 0 Å². The van der Waals surface area contributed by atoms with Crippen LogP contribution in [-0.2, 0) is 0 Å². The van der Waals surface area contributed by atoms with E-state index in [1.165, 1.54) is 25.7 Å². The number of fused-ring (bicyclic) bond motifs is 1. The number of hydrogen-bond acceptors (Lipinski definition) is 2. The number of hydrogen-bond donors (Lipinski definition) is 0. The average Bonchev–Trinajstić information content (AvgIpc) is 2.82. The van der Waals surface area contributed by atoms with Gasteiger partial charge in [-0.15, -0.1) is 0 Å². The number of benzene rings is 1. The standard InChI is InChI=1S/C14H16O2/c15-12-9-14(10-5-1-2-6-10)16-13-8-4-3-7-11(12)13/h3-4,7-8,10,14H,1-2,5-6,9H2/t14-/m0/s1. The van der Waals surface area contributed by atoms with Crippen LogP contribution in [0.2, 0.25) is 0 Å². The molecular weight excluding hydrogens is 200 g/mol. The van der Waals surface area contributed by atoms with Gasteiger partial charge in [-0.2, -0.15) is 0 Å². The van der Waals surface area contributed by atoms with Crippen LogP contribution in [0.5, 0.6) is 5.75 Å². The van der Waals surface area contributed by atoms with Gasteiger partial charge in [0.15, 0.2) is 5.78 Å². The van der Waals surface area contributed by atoms with E-state index >= 15 is 0 Å². The Morgan fingerprint density at radius 1 is 1.12 bits per heavy atom. The molecule has 0 radical (unpaired) electrons. The van der Waals surface area contributed by atoms with Gasteiger partial charge in [0, 0.05) is 6.42 Å². The zero-order valence-electron chi connectivity index (χ0n) is 9.32. The first-order valence-electron chi connectivity index (χ1n) is 6.13. The molecule has 1 saturated carbocycles. The van der Waals surface area contributed by atoms with E-state index in [0.717, 1.165) is 11.3 Å². The van der Waals surface area contributed by atoms with Crippen LogP contribution < -0.4 is 4.74 Å². The predicted molar refractivity (Wildman–Crippen MR) is 61.8 cm³/mol. The van der Waals surface area contributed by atoms with Crippen LogP contribution in [0.15, 0.2) is 24.3 Å². The molecule has 1 aliphatic heterocycles. The van der Waals surface area contributed by atoms with Crippen LogP contribution in [0.1, 0.15) is 42.5 Å². The molecular formula is C14H16O2. The molecule has 1 fully saturated rings. The molecule has 0 saturated heterocycles. The highest BCUT2D eigenvalue weighted by Gasteiger charge is 2.33. The second-order valence-corrected chi connectivity index (χ2v) is 4.82. The van der Waals surface area contributed by atoms with Gasteiger partial charge in [-0.3, -0.25) is 4.79 Å². The van der Waals surface area contributed by atoms with E-state index in [9.17, 15) is 4.79 Å². The normalized spacial score (nSPS) is 25.2. The molecule has 0 aromatic heterocycles. The highest BCUT2D eigenvalue weighted by atomic mass is 16.5. The van der Waals surface area contributed by atoms with Gasteiger partial charge in [0.2, 0.25) is 0 Å².